The second-order valence-electron chi connectivity index (χ2n) is 7.68. The third kappa shape index (κ3) is 5.45. The summed E-state index contributed by atoms with van der Waals surface area (Å²) in [4.78, 5) is 13.0. The number of hydrogen-bond acceptors (Lipinski definition) is 7. The first-order valence-electron chi connectivity index (χ1n) is 10.9. The van der Waals surface area contributed by atoms with Gasteiger partial charge in [-0.05, 0) is 48.4 Å². The van der Waals surface area contributed by atoms with Crippen LogP contribution in [-0.2, 0) is 14.8 Å². The van der Waals surface area contributed by atoms with Gasteiger partial charge in [-0.2, -0.15) is 4.31 Å². The van der Waals surface area contributed by atoms with Gasteiger partial charge in [0.25, 0.3) is 5.22 Å². The molecule has 0 aliphatic heterocycles. The normalized spacial score (nSPS) is 14.9. The van der Waals surface area contributed by atoms with Crippen molar-refractivity contribution < 1.29 is 17.6 Å². The second kappa shape index (κ2) is 10.1. The Bertz CT molecular complexity index is 1210. The van der Waals surface area contributed by atoms with Crippen LogP contribution in [0.4, 0.5) is 0 Å². The van der Waals surface area contributed by atoms with Crippen LogP contribution in [0.3, 0.4) is 0 Å². The van der Waals surface area contributed by atoms with E-state index in [0.29, 0.717) is 18.7 Å². The van der Waals surface area contributed by atoms with E-state index in [1.54, 1.807) is 32.0 Å². The Kier molecular flexibility index (Phi) is 7.16. The van der Waals surface area contributed by atoms with Gasteiger partial charge in [0, 0.05) is 24.7 Å². The van der Waals surface area contributed by atoms with Crippen LogP contribution in [0.15, 0.2) is 69.1 Å². The first-order valence-corrected chi connectivity index (χ1v) is 13.2. The fraction of sp³-hybridized carbons (Fsp3) is 0.348. The van der Waals surface area contributed by atoms with Gasteiger partial charge in [0.1, 0.15) is 5.25 Å². The lowest BCUT2D eigenvalue weighted by molar-refractivity contribution is -0.120. The first kappa shape index (κ1) is 23.5. The molecular weight excluding hydrogens is 460 g/mol. The van der Waals surface area contributed by atoms with Crippen molar-refractivity contribution in [3.8, 4) is 11.5 Å². The highest BCUT2D eigenvalue weighted by atomic mass is 32.2. The van der Waals surface area contributed by atoms with Gasteiger partial charge in [-0.25, -0.2) is 8.42 Å². The summed E-state index contributed by atoms with van der Waals surface area (Å²) in [6.45, 7) is 4.37. The summed E-state index contributed by atoms with van der Waals surface area (Å²) in [6.07, 6.45) is 1.99. The number of thioether (sulfide) groups is 1. The Morgan fingerprint density at radius 2 is 1.85 bits per heavy atom. The minimum atomic E-state index is -3.61. The monoisotopic (exact) mass is 486 g/mol. The van der Waals surface area contributed by atoms with Gasteiger partial charge in [-0.3, -0.25) is 4.79 Å². The van der Waals surface area contributed by atoms with Gasteiger partial charge in [0.2, 0.25) is 21.8 Å². The van der Waals surface area contributed by atoms with Crippen LogP contribution < -0.4 is 5.32 Å². The summed E-state index contributed by atoms with van der Waals surface area (Å²) >= 11 is 1.18. The molecule has 3 aromatic rings. The Labute approximate surface area is 197 Å². The number of nitrogens with zero attached hydrogens (tertiary/aromatic N) is 3. The van der Waals surface area contributed by atoms with Gasteiger partial charge in [-0.1, -0.05) is 50.2 Å². The number of benzene rings is 2. The summed E-state index contributed by atoms with van der Waals surface area (Å²) in [5.74, 6) is 0.101. The maximum atomic E-state index is 12.9. The van der Waals surface area contributed by atoms with E-state index in [1.165, 1.54) is 22.1 Å². The Balaban J connectivity index is 1.57. The molecule has 4 rings (SSSR count). The molecule has 0 saturated heterocycles. The topological polar surface area (TPSA) is 105 Å². The Hall–Kier alpha value is -2.69. The molecule has 0 radical (unpaired) electrons. The molecule has 174 valence electrons. The van der Waals surface area contributed by atoms with Crippen LogP contribution in [0.25, 0.3) is 11.5 Å². The van der Waals surface area contributed by atoms with E-state index in [9.17, 15) is 13.2 Å². The maximum absolute atomic E-state index is 12.9. The van der Waals surface area contributed by atoms with Crippen molar-refractivity contribution in [1.29, 1.82) is 0 Å². The predicted molar refractivity (Wildman–Crippen MR) is 126 cm³/mol. The van der Waals surface area contributed by atoms with Crippen molar-refractivity contribution in [2.75, 3.05) is 13.1 Å². The van der Waals surface area contributed by atoms with Crippen molar-refractivity contribution in [2.24, 2.45) is 0 Å². The van der Waals surface area contributed by atoms with Gasteiger partial charge >= 0.3 is 0 Å². The zero-order chi connectivity index (χ0) is 23.4. The molecule has 1 aromatic heterocycles. The summed E-state index contributed by atoms with van der Waals surface area (Å²) in [7, 11) is -3.61. The van der Waals surface area contributed by atoms with Crippen molar-refractivity contribution >= 4 is 27.7 Å². The highest BCUT2D eigenvalue weighted by Crippen LogP contribution is 2.37. The number of nitrogens with one attached hydrogen (secondary N) is 1. The molecule has 1 aliphatic carbocycles. The van der Waals surface area contributed by atoms with Crippen LogP contribution in [0.2, 0.25) is 0 Å². The van der Waals surface area contributed by atoms with E-state index in [4.69, 9.17) is 4.42 Å². The van der Waals surface area contributed by atoms with Crippen molar-refractivity contribution in [1.82, 2.24) is 19.8 Å². The molecule has 1 fully saturated rings. The fourth-order valence-electron chi connectivity index (χ4n) is 3.38. The molecule has 0 spiro atoms. The average molecular weight is 487 g/mol. The average Bonchev–Trinajstić information content (AvgIpc) is 3.52. The van der Waals surface area contributed by atoms with Gasteiger partial charge in [0.15, 0.2) is 0 Å². The number of rotatable bonds is 10. The summed E-state index contributed by atoms with van der Waals surface area (Å²) < 4.78 is 32.9. The molecule has 0 unspecified atom stereocenters. The van der Waals surface area contributed by atoms with Crippen LogP contribution in [-0.4, -0.2) is 48.0 Å². The van der Waals surface area contributed by atoms with Gasteiger partial charge in [0.05, 0.1) is 4.90 Å². The first-order chi connectivity index (χ1) is 15.9. The summed E-state index contributed by atoms with van der Waals surface area (Å²) in [5.41, 5.74) is 1.34. The third-order valence-corrected chi connectivity index (χ3v) is 8.45. The lowest BCUT2D eigenvalue weighted by atomic mass is 10.1. The molecular formula is C23H26N4O4S2. The van der Waals surface area contributed by atoms with Crippen molar-refractivity contribution in [3.63, 3.8) is 0 Å². The van der Waals surface area contributed by atoms with Crippen molar-refractivity contribution in [2.45, 2.75) is 48.1 Å². The second-order valence-corrected chi connectivity index (χ2v) is 10.7. The maximum Gasteiger partial charge on any atom is 0.277 e. The quantitative estimate of drug-likeness (QED) is 0.434. The molecule has 1 N–H and O–H groups in total. The SMILES string of the molecule is CCN(CC)S(=O)(=O)c1cccc(-c2nnc(S[C@H](C(=O)NC3CC3)c3ccccc3)o2)c1. The van der Waals surface area contributed by atoms with E-state index < -0.39 is 15.3 Å². The van der Waals surface area contributed by atoms with E-state index >= 15 is 0 Å². The van der Waals surface area contributed by atoms with Gasteiger partial charge < -0.3 is 9.73 Å². The zero-order valence-electron chi connectivity index (χ0n) is 18.5. The summed E-state index contributed by atoms with van der Waals surface area (Å²) in [6, 6.07) is 16.1. The lowest BCUT2D eigenvalue weighted by Crippen LogP contribution is -2.30. The smallest absolute Gasteiger partial charge is 0.277 e. The molecule has 1 aliphatic rings. The minimum Gasteiger partial charge on any atom is -0.411 e. The van der Waals surface area contributed by atoms with E-state index in [1.807, 2.05) is 30.3 Å². The number of sulfonamides is 1. The predicted octanol–water partition coefficient (Wildman–Crippen LogP) is 3.88. The van der Waals surface area contributed by atoms with E-state index in [2.05, 4.69) is 15.5 Å². The molecule has 33 heavy (non-hydrogen) atoms. The van der Waals surface area contributed by atoms with Crippen LogP contribution in [0.5, 0.6) is 0 Å². The Morgan fingerprint density at radius 1 is 1.12 bits per heavy atom. The van der Waals surface area contributed by atoms with Crippen LogP contribution in [0, 0.1) is 0 Å². The van der Waals surface area contributed by atoms with Crippen LogP contribution >= 0.6 is 11.8 Å². The minimum absolute atomic E-state index is 0.0965. The molecule has 1 saturated carbocycles. The standard InChI is InChI=1S/C23H26N4O4S2/c1-3-27(4-2)33(29,30)19-12-8-11-17(15-19)22-25-26-23(31-22)32-20(16-9-6-5-7-10-16)21(28)24-18-13-14-18/h5-12,15,18,20H,3-4,13-14H2,1-2H3,(H,24,28)/t20-/m0/s1. The molecule has 0 bridgehead atoms. The number of carbonyl (C=O) groups excluding carboxylic acids is 1. The van der Waals surface area contributed by atoms with Crippen molar-refractivity contribution in [3.05, 3.63) is 60.2 Å². The molecule has 8 nitrogen and oxygen atoms in total. The molecule has 2 aromatic carbocycles. The highest BCUT2D eigenvalue weighted by molar-refractivity contribution is 8.00. The number of amides is 1. The lowest BCUT2D eigenvalue weighted by Gasteiger charge is -2.18. The van der Waals surface area contributed by atoms with Gasteiger partial charge in [-0.15, -0.1) is 10.2 Å². The number of aromatic nitrogens is 2. The Morgan fingerprint density at radius 3 is 2.52 bits per heavy atom. The molecule has 10 heteroatoms. The largest absolute Gasteiger partial charge is 0.411 e. The number of carbonyl (C=O) groups is 1. The van der Waals surface area contributed by atoms with E-state index in [0.717, 1.165) is 18.4 Å². The van der Waals surface area contributed by atoms with Crippen LogP contribution in [0.1, 0.15) is 37.5 Å². The number of hydrogen-bond donors (Lipinski definition) is 1. The zero-order valence-corrected chi connectivity index (χ0v) is 20.1. The summed E-state index contributed by atoms with van der Waals surface area (Å²) in [5, 5.41) is 10.9. The highest BCUT2D eigenvalue weighted by Gasteiger charge is 2.30. The fourth-order valence-corrected chi connectivity index (χ4v) is 5.77. The molecule has 1 heterocycles. The third-order valence-electron chi connectivity index (χ3n) is 5.31. The van der Waals surface area contributed by atoms with E-state index in [-0.39, 0.29) is 28.0 Å². The molecule has 1 atom stereocenters. The molecule has 1 amide bonds.